The highest BCUT2D eigenvalue weighted by Gasteiger charge is 2.27. The van der Waals surface area contributed by atoms with E-state index in [2.05, 4.69) is 16.0 Å². The molecule has 0 aromatic carbocycles. The number of hydrogen-bond donors (Lipinski definition) is 3. The van der Waals surface area contributed by atoms with Crippen molar-refractivity contribution in [2.45, 2.75) is 18.9 Å². The largest absolute Gasteiger partial charge is 0.345 e. The van der Waals surface area contributed by atoms with Crippen molar-refractivity contribution in [2.24, 2.45) is 0 Å². The minimum absolute atomic E-state index is 0.00516. The van der Waals surface area contributed by atoms with E-state index >= 15 is 0 Å². The average Bonchev–Trinajstić information content (AvgIpc) is 2.83. The number of nitrogens with one attached hydrogen (secondary N) is 3. The van der Waals surface area contributed by atoms with Gasteiger partial charge in [0.1, 0.15) is 6.04 Å². The molecule has 7 heteroatoms. The molecule has 2 aliphatic heterocycles. The van der Waals surface area contributed by atoms with Crippen molar-refractivity contribution >= 4 is 17.7 Å². The fraction of sp³-hybridized carbons (Fsp3) is 0.727. The molecule has 100 valence electrons. The number of carbonyl (C=O) groups is 3. The van der Waals surface area contributed by atoms with Gasteiger partial charge in [-0.1, -0.05) is 0 Å². The van der Waals surface area contributed by atoms with E-state index in [-0.39, 0.29) is 24.3 Å². The zero-order chi connectivity index (χ0) is 13.0. The molecule has 0 aromatic heterocycles. The van der Waals surface area contributed by atoms with Gasteiger partial charge in [0.25, 0.3) is 0 Å². The van der Waals surface area contributed by atoms with Crippen molar-refractivity contribution < 1.29 is 14.4 Å². The Balaban J connectivity index is 1.71. The Bertz CT molecular complexity index is 352. The topological polar surface area (TPSA) is 90.5 Å². The molecule has 7 nitrogen and oxygen atoms in total. The molecule has 3 amide bonds. The van der Waals surface area contributed by atoms with E-state index in [0.717, 1.165) is 13.1 Å². The molecule has 0 spiro atoms. The molecule has 2 heterocycles. The zero-order valence-electron chi connectivity index (χ0n) is 10.2. The zero-order valence-corrected chi connectivity index (χ0v) is 10.2. The van der Waals surface area contributed by atoms with E-state index in [1.54, 1.807) is 4.90 Å². The third-order valence-electron chi connectivity index (χ3n) is 3.20. The number of nitrogens with zero attached hydrogens (tertiary/aromatic N) is 1. The Labute approximate surface area is 105 Å². The van der Waals surface area contributed by atoms with Crippen molar-refractivity contribution in [3.63, 3.8) is 0 Å². The maximum atomic E-state index is 11.8. The first-order valence-corrected chi connectivity index (χ1v) is 6.22. The summed E-state index contributed by atoms with van der Waals surface area (Å²) in [4.78, 5) is 36.1. The second-order valence-electron chi connectivity index (χ2n) is 4.51. The standard InChI is InChI=1S/C11H18N4O3/c16-9-2-1-8(14-9)11(18)13-7-10(17)15-5-3-12-4-6-15/h8,12H,1-7H2,(H,13,18)(H,14,16). The second kappa shape index (κ2) is 5.81. The van der Waals surface area contributed by atoms with Crippen LogP contribution in [-0.2, 0) is 14.4 Å². The number of hydrogen-bond acceptors (Lipinski definition) is 4. The summed E-state index contributed by atoms with van der Waals surface area (Å²) in [5.74, 6) is -0.456. The van der Waals surface area contributed by atoms with Crippen LogP contribution in [0.25, 0.3) is 0 Å². The van der Waals surface area contributed by atoms with E-state index in [1.807, 2.05) is 0 Å². The molecule has 0 aliphatic carbocycles. The molecule has 0 bridgehead atoms. The Morgan fingerprint density at radius 2 is 2.06 bits per heavy atom. The minimum Gasteiger partial charge on any atom is -0.345 e. The first-order chi connectivity index (χ1) is 8.66. The van der Waals surface area contributed by atoms with Gasteiger partial charge in [-0.2, -0.15) is 0 Å². The molecule has 0 aromatic rings. The Hall–Kier alpha value is -1.63. The van der Waals surface area contributed by atoms with Gasteiger partial charge in [-0.3, -0.25) is 14.4 Å². The maximum absolute atomic E-state index is 11.8. The fourth-order valence-corrected chi connectivity index (χ4v) is 2.12. The van der Waals surface area contributed by atoms with E-state index in [4.69, 9.17) is 0 Å². The summed E-state index contributed by atoms with van der Waals surface area (Å²) in [5.41, 5.74) is 0. The highest BCUT2D eigenvalue weighted by atomic mass is 16.2. The molecule has 18 heavy (non-hydrogen) atoms. The third-order valence-corrected chi connectivity index (χ3v) is 3.20. The van der Waals surface area contributed by atoms with Crippen molar-refractivity contribution in [2.75, 3.05) is 32.7 Å². The van der Waals surface area contributed by atoms with Crippen LogP contribution in [0, 0.1) is 0 Å². The van der Waals surface area contributed by atoms with Crippen molar-refractivity contribution in [1.82, 2.24) is 20.9 Å². The molecule has 1 unspecified atom stereocenters. The monoisotopic (exact) mass is 254 g/mol. The normalized spacial score (nSPS) is 23.7. The van der Waals surface area contributed by atoms with E-state index in [1.165, 1.54) is 0 Å². The first-order valence-electron chi connectivity index (χ1n) is 6.22. The molecule has 2 rings (SSSR count). The van der Waals surface area contributed by atoms with Gasteiger partial charge < -0.3 is 20.9 Å². The summed E-state index contributed by atoms with van der Waals surface area (Å²) in [6, 6.07) is -0.478. The van der Waals surface area contributed by atoms with E-state index < -0.39 is 6.04 Å². The molecule has 3 N–H and O–H groups in total. The van der Waals surface area contributed by atoms with Gasteiger partial charge in [-0.25, -0.2) is 0 Å². The van der Waals surface area contributed by atoms with E-state index in [0.29, 0.717) is 25.9 Å². The lowest BCUT2D eigenvalue weighted by Crippen LogP contribution is -2.51. The van der Waals surface area contributed by atoms with Gasteiger partial charge in [-0.05, 0) is 6.42 Å². The van der Waals surface area contributed by atoms with Gasteiger partial charge in [0, 0.05) is 32.6 Å². The fourth-order valence-electron chi connectivity index (χ4n) is 2.12. The lowest BCUT2D eigenvalue weighted by molar-refractivity contribution is -0.133. The van der Waals surface area contributed by atoms with Crippen LogP contribution in [0.2, 0.25) is 0 Å². The van der Waals surface area contributed by atoms with E-state index in [9.17, 15) is 14.4 Å². The summed E-state index contributed by atoms with van der Waals surface area (Å²) in [6.07, 6.45) is 0.885. The Morgan fingerprint density at radius 3 is 2.67 bits per heavy atom. The summed E-state index contributed by atoms with van der Waals surface area (Å²) < 4.78 is 0. The second-order valence-corrected chi connectivity index (χ2v) is 4.51. The van der Waals surface area contributed by atoms with Crippen LogP contribution in [0.5, 0.6) is 0 Å². The average molecular weight is 254 g/mol. The quantitative estimate of drug-likeness (QED) is 0.534. The Morgan fingerprint density at radius 1 is 1.33 bits per heavy atom. The van der Waals surface area contributed by atoms with Crippen molar-refractivity contribution in [3.8, 4) is 0 Å². The lowest BCUT2D eigenvalue weighted by Gasteiger charge is -2.27. The smallest absolute Gasteiger partial charge is 0.243 e. The van der Waals surface area contributed by atoms with Crippen LogP contribution >= 0.6 is 0 Å². The van der Waals surface area contributed by atoms with Crippen LogP contribution in [0.1, 0.15) is 12.8 Å². The first kappa shape index (κ1) is 12.8. The number of carbonyl (C=O) groups excluding carboxylic acids is 3. The van der Waals surface area contributed by atoms with Crippen molar-refractivity contribution in [3.05, 3.63) is 0 Å². The van der Waals surface area contributed by atoms with Crippen LogP contribution in [-0.4, -0.2) is 61.4 Å². The number of amides is 3. The molecular formula is C11H18N4O3. The molecular weight excluding hydrogens is 236 g/mol. The molecule has 0 saturated carbocycles. The van der Waals surface area contributed by atoms with Crippen LogP contribution in [0.4, 0.5) is 0 Å². The SMILES string of the molecule is O=C1CCC(C(=O)NCC(=O)N2CCNCC2)N1. The van der Waals surface area contributed by atoms with Gasteiger partial charge in [0.2, 0.25) is 17.7 Å². The summed E-state index contributed by atoms with van der Waals surface area (Å²) in [7, 11) is 0. The maximum Gasteiger partial charge on any atom is 0.243 e. The van der Waals surface area contributed by atoms with Gasteiger partial charge in [0.05, 0.1) is 6.54 Å². The summed E-state index contributed by atoms with van der Waals surface area (Å²) in [6.45, 7) is 2.94. The Kier molecular flexibility index (Phi) is 4.14. The predicted molar refractivity (Wildman–Crippen MR) is 63.6 cm³/mol. The molecule has 2 saturated heterocycles. The van der Waals surface area contributed by atoms with Crippen molar-refractivity contribution in [1.29, 1.82) is 0 Å². The van der Waals surface area contributed by atoms with Crippen LogP contribution in [0.3, 0.4) is 0 Å². The highest BCUT2D eigenvalue weighted by molar-refractivity contribution is 5.92. The number of rotatable bonds is 3. The number of piperazine rings is 1. The summed E-state index contributed by atoms with van der Waals surface area (Å²) in [5, 5.41) is 8.30. The molecule has 0 radical (unpaired) electrons. The van der Waals surface area contributed by atoms with Gasteiger partial charge in [-0.15, -0.1) is 0 Å². The van der Waals surface area contributed by atoms with Gasteiger partial charge >= 0.3 is 0 Å². The minimum atomic E-state index is -0.478. The molecule has 1 atom stereocenters. The predicted octanol–water partition coefficient (Wildman–Crippen LogP) is -2.19. The van der Waals surface area contributed by atoms with Crippen LogP contribution in [0.15, 0.2) is 0 Å². The van der Waals surface area contributed by atoms with Gasteiger partial charge in [0.15, 0.2) is 0 Å². The molecule has 2 aliphatic rings. The molecule has 2 fully saturated rings. The third kappa shape index (κ3) is 3.19. The highest BCUT2D eigenvalue weighted by Crippen LogP contribution is 2.06. The van der Waals surface area contributed by atoms with Crippen LogP contribution < -0.4 is 16.0 Å². The lowest BCUT2D eigenvalue weighted by atomic mass is 10.2. The summed E-state index contributed by atoms with van der Waals surface area (Å²) >= 11 is 0.